The zero-order chi connectivity index (χ0) is 15.4. The van der Waals surface area contributed by atoms with E-state index in [1.807, 2.05) is 0 Å². The Morgan fingerprint density at radius 1 is 1.57 bits per heavy atom. The smallest absolute Gasteiger partial charge is 0.269 e. The van der Waals surface area contributed by atoms with Gasteiger partial charge in [0.1, 0.15) is 5.69 Å². The molecule has 0 radical (unpaired) electrons. The number of carbonyl (C=O) groups is 2. The molecule has 0 bridgehead atoms. The summed E-state index contributed by atoms with van der Waals surface area (Å²) >= 11 is 0. The van der Waals surface area contributed by atoms with Gasteiger partial charge < -0.3 is 19.5 Å². The topological polar surface area (TPSA) is 76.5 Å². The number of rotatable bonds is 6. The van der Waals surface area contributed by atoms with E-state index in [0.29, 0.717) is 44.0 Å². The Morgan fingerprint density at radius 2 is 2.33 bits per heavy atom. The number of hydrogen-bond donors (Lipinski definition) is 1. The van der Waals surface area contributed by atoms with Crippen LogP contribution in [-0.2, 0) is 16.6 Å². The molecule has 0 aliphatic carbocycles. The summed E-state index contributed by atoms with van der Waals surface area (Å²) < 4.78 is 6.69. The van der Waals surface area contributed by atoms with Crippen LogP contribution in [0.3, 0.4) is 0 Å². The van der Waals surface area contributed by atoms with Crippen LogP contribution >= 0.6 is 0 Å². The Bertz CT molecular complexity index is 507. The first kappa shape index (κ1) is 15.5. The molecule has 1 fully saturated rings. The van der Waals surface area contributed by atoms with Crippen molar-refractivity contribution in [3.63, 3.8) is 0 Å². The molecule has 21 heavy (non-hydrogen) atoms. The Hall–Kier alpha value is -1.89. The number of hydrogen-bond acceptors (Lipinski definition) is 4. The Balaban J connectivity index is 1.84. The first-order valence-corrected chi connectivity index (χ1v) is 7.05. The van der Waals surface area contributed by atoms with E-state index in [0.717, 1.165) is 0 Å². The highest BCUT2D eigenvalue weighted by atomic mass is 16.5. The lowest BCUT2D eigenvalue weighted by Gasteiger charge is -2.16. The summed E-state index contributed by atoms with van der Waals surface area (Å²) in [7, 11) is 3.41. The highest BCUT2D eigenvalue weighted by molar-refractivity contribution is 5.93. The van der Waals surface area contributed by atoms with Gasteiger partial charge >= 0.3 is 0 Å². The lowest BCUT2D eigenvalue weighted by Crippen LogP contribution is -2.33. The van der Waals surface area contributed by atoms with Gasteiger partial charge in [0, 0.05) is 46.1 Å². The third-order valence-electron chi connectivity index (χ3n) is 3.75. The van der Waals surface area contributed by atoms with Crippen molar-refractivity contribution in [3.05, 3.63) is 17.7 Å². The fourth-order valence-electron chi connectivity index (χ4n) is 2.60. The molecule has 1 unspecified atom stereocenters. The van der Waals surface area contributed by atoms with Gasteiger partial charge in [-0.15, -0.1) is 0 Å². The van der Waals surface area contributed by atoms with E-state index < -0.39 is 0 Å². The molecule has 1 saturated heterocycles. The normalized spacial score (nSPS) is 18.3. The molecule has 0 aromatic carbocycles. The van der Waals surface area contributed by atoms with Crippen LogP contribution in [0.2, 0.25) is 0 Å². The minimum Gasteiger partial charge on any atom is -0.383 e. The van der Waals surface area contributed by atoms with E-state index in [9.17, 15) is 9.59 Å². The molecular weight excluding hydrogens is 272 g/mol. The average Bonchev–Trinajstić information content (AvgIpc) is 2.97. The molecule has 116 valence electrons. The highest BCUT2D eigenvalue weighted by Crippen LogP contribution is 2.16. The van der Waals surface area contributed by atoms with Crippen molar-refractivity contribution in [1.82, 2.24) is 19.8 Å². The SMILES string of the molecule is COCCN1CC(CNC(=O)c2c(C)ncn2C)CC1=O. The molecule has 7 nitrogen and oxygen atoms in total. The minimum atomic E-state index is -0.143. The van der Waals surface area contributed by atoms with Crippen LogP contribution in [0.15, 0.2) is 6.33 Å². The van der Waals surface area contributed by atoms with Gasteiger partial charge in [0.2, 0.25) is 5.91 Å². The first-order valence-electron chi connectivity index (χ1n) is 7.05. The summed E-state index contributed by atoms with van der Waals surface area (Å²) in [4.78, 5) is 29.9. The second kappa shape index (κ2) is 6.71. The van der Waals surface area contributed by atoms with Gasteiger partial charge in [-0.25, -0.2) is 4.98 Å². The third-order valence-corrected chi connectivity index (χ3v) is 3.75. The highest BCUT2D eigenvalue weighted by Gasteiger charge is 2.29. The summed E-state index contributed by atoms with van der Waals surface area (Å²) in [6.07, 6.45) is 2.10. The van der Waals surface area contributed by atoms with Crippen LogP contribution in [0.4, 0.5) is 0 Å². The third kappa shape index (κ3) is 3.60. The molecule has 1 aromatic rings. The monoisotopic (exact) mass is 294 g/mol. The number of amides is 2. The number of aromatic nitrogens is 2. The molecule has 0 saturated carbocycles. The number of imidazole rings is 1. The number of likely N-dealkylation sites (tertiary alicyclic amines) is 1. The summed E-state index contributed by atoms with van der Waals surface area (Å²) in [6, 6.07) is 0. The lowest BCUT2D eigenvalue weighted by atomic mass is 10.1. The maximum absolute atomic E-state index is 12.1. The lowest BCUT2D eigenvalue weighted by molar-refractivity contribution is -0.128. The van der Waals surface area contributed by atoms with Crippen molar-refractivity contribution < 1.29 is 14.3 Å². The number of aryl methyl sites for hydroxylation is 2. The van der Waals surface area contributed by atoms with E-state index >= 15 is 0 Å². The Morgan fingerprint density at radius 3 is 2.95 bits per heavy atom. The average molecular weight is 294 g/mol. The minimum absolute atomic E-state index is 0.128. The van der Waals surface area contributed by atoms with E-state index in [4.69, 9.17) is 4.74 Å². The molecule has 1 aromatic heterocycles. The van der Waals surface area contributed by atoms with Gasteiger partial charge in [0.05, 0.1) is 18.6 Å². The van der Waals surface area contributed by atoms with Crippen LogP contribution in [0.5, 0.6) is 0 Å². The molecule has 7 heteroatoms. The Kier molecular flexibility index (Phi) is 4.95. The summed E-state index contributed by atoms with van der Waals surface area (Å²) in [5, 5.41) is 2.90. The van der Waals surface area contributed by atoms with Crippen LogP contribution in [0.1, 0.15) is 22.6 Å². The predicted molar refractivity (Wildman–Crippen MR) is 76.8 cm³/mol. The van der Waals surface area contributed by atoms with Crippen LogP contribution in [-0.4, -0.2) is 59.6 Å². The van der Waals surface area contributed by atoms with Crippen molar-refractivity contribution in [2.24, 2.45) is 13.0 Å². The number of nitrogens with zero attached hydrogens (tertiary/aromatic N) is 3. The number of nitrogens with one attached hydrogen (secondary N) is 1. The zero-order valence-electron chi connectivity index (χ0n) is 12.8. The van der Waals surface area contributed by atoms with Crippen molar-refractivity contribution in [3.8, 4) is 0 Å². The molecule has 1 aliphatic rings. The molecule has 1 N–H and O–H groups in total. The standard InChI is InChI=1S/C14H22N4O3/c1-10-13(17(2)9-16-10)14(20)15-7-11-6-12(19)18(8-11)4-5-21-3/h9,11H,4-8H2,1-3H3,(H,15,20). The molecule has 0 spiro atoms. The number of methoxy groups -OCH3 is 1. The van der Waals surface area contributed by atoms with Crippen LogP contribution < -0.4 is 5.32 Å². The van der Waals surface area contributed by atoms with Gasteiger partial charge in [-0.2, -0.15) is 0 Å². The van der Waals surface area contributed by atoms with E-state index in [1.165, 1.54) is 0 Å². The van der Waals surface area contributed by atoms with Gasteiger partial charge in [0.15, 0.2) is 0 Å². The van der Waals surface area contributed by atoms with Gasteiger partial charge in [-0.1, -0.05) is 0 Å². The van der Waals surface area contributed by atoms with E-state index in [2.05, 4.69) is 10.3 Å². The van der Waals surface area contributed by atoms with Gasteiger partial charge in [-0.05, 0) is 6.92 Å². The zero-order valence-corrected chi connectivity index (χ0v) is 12.8. The molecular formula is C14H22N4O3. The van der Waals surface area contributed by atoms with Crippen LogP contribution in [0, 0.1) is 12.8 Å². The van der Waals surface area contributed by atoms with Crippen molar-refractivity contribution in [2.45, 2.75) is 13.3 Å². The predicted octanol–water partition coefficient (Wildman–Crippen LogP) is -0.0468. The first-order chi connectivity index (χ1) is 10.0. The summed E-state index contributed by atoms with van der Waals surface area (Å²) in [6.45, 7) is 4.13. The molecule has 2 heterocycles. The summed E-state index contributed by atoms with van der Waals surface area (Å²) in [5.41, 5.74) is 1.27. The van der Waals surface area contributed by atoms with Gasteiger partial charge in [0.25, 0.3) is 5.91 Å². The molecule has 1 atom stereocenters. The maximum atomic E-state index is 12.1. The van der Waals surface area contributed by atoms with Crippen LogP contribution in [0.25, 0.3) is 0 Å². The number of ether oxygens (including phenoxy) is 1. The quantitative estimate of drug-likeness (QED) is 0.798. The fourth-order valence-corrected chi connectivity index (χ4v) is 2.60. The largest absolute Gasteiger partial charge is 0.383 e. The van der Waals surface area contributed by atoms with Crippen molar-refractivity contribution in [1.29, 1.82) is 0 Å². The molecule has 1 aliphatic heterocycles. The second-order valence-corrected chi connectivity index (χ2v) is 5.40. The van der Waals surface area contributed by atoms with Crippen molar-refractivity contribution >= 4 is 11.8 Å². The fraction of sp³-hybridized carbons (Fsp3) is 0.643. The maximum Gasteiger partial charge on any atom is 0.269 e. The van der Waals surface area contributed by atoms with Crippen molar-refractivity contribution in [2.75, 3.05) is 33.4 Å². The second-order valence-electron chi connectivity index (χ2n) is 5.40. The summed E-state index contributed by atoms with van der Waals surface area (Å²) in [5.74, 6) is 0.144. The Labute approximate surface area is 124 Å². The number of carbonyl (C=O) groups excluding carboxylic acids is 2. The molecule has 2 amide bonds. The molecule has 2 rings (SSSR count). The van der Waals surface area contributed by atoms with E-state index in [-0.39, 0.29) is 17.7 Å². The van der Waals surface area contributed by atoms with E-state index in [1.54, 1.807) is 36.9 Å². The van der Waals surface area contributed by atoms with Gasteiger partial charge in [-0.3, -0.25) is 9.59 Å².